The molecule has 2 aromatic heterocycles. The highest BCUT2D eigenvalue weighted by atomic mass is 16.5. The first-order valence-corrected chi connectivity index (χ1v) is 10.3. The molecule has 0 bridgehead atoms. The van der Waals surface area contributed by atoms with Gasteiger partial charge in [-0.05, 0) is 42.7 Å². The smallest absolute Gasteiger partial charge is 0.404 e. The van der Waals surface area contributed by atoms with E-state index in [0.717, 1.165) is 18.5 Å². The molecule has 0 saturated heterocycles. The van der Waals surface area contributed by atoms with E-state index in [4.69, 9.17) is 9.84 Å². The molecule has 0 unspecified atom stereocenters. The molecule has 160 valence electrons. The Labute approximate surface area is 175 Å². The van der Waals surface area contributed by atoms with Crippen molar-refractivity contribution < 1.29 is 14.6 Å². The van der Waals surface area contributed by atoms with Crippen LogP contribution in [0.2, 0.25) is 0 Å². The van der Waals surface area contributed by atoms with Crippen molar-refractivity contribution in [2.45, 2.75) is 46.7 Å². The molecule has 7 heteroatoms. The Kier molecular flexibility index (Phi) is 6.82. The average molecular weight is 412 g/mol. The lowest BCUT2D eigenvalue weighted by atomic mass is 10.1. The summed E-state index contributed by atoms with van der Waals surface area (Å²) in [5.41, 5.74) is 1.33. The molecule has 3 rings (SSSR count). The zero-order valence-corrected chi connectivity index (χ0v) is 17.7. The zero-order valence-electron chi connectivity index (χ0n) is 17.7. The Morgan fingerprint density at radius 2 is 1.93 bits per heavy atom. The number of nitrogens with zero attached hydrogens (tertiary/aromatic N) is 2. The van der Waals surface area contributed by atoms with Crippen molar-refractivity contribution in [3.8, 4) is 11.4 Å². The second-order valence-electron chi connectivity index (χ2n) is 7.77. The lowest BCUT2D eigenvalue weighted by molar-refractivity contribution is 0.193. The molecule has 0 aliphatic heterocycles. The van der Waals surface area contributed by atoms with Crippen LogP contribution < -0.4 is 15.6 Å². The van der Waals surface area contributed by atoms with Crippen molar-refractivity contribution in [2.24, 2.45) is 5.92 Å². The fourth-order valence-electron chi connectivity index (χ4n) is 3.49. The van der Waals surface area contributed by atoms with Gasteiger partial charge in [0.25, 0.3) is 5.56 Å². The summed E-state index contributed by atoms with van der Waals surface area (Å²) in [6.07, 6.45) is 4.57. The number of carboxylic acid groups (broad SMARTS) is 1. The zero-order chi connectivity index (χ0) is 21.7. The van der Waals surface area contributed by atoms with Gasteiger partial charge in [0.15, 0.2) is 0 Å². The number of hydrogen-bond acceptors (Lipinski definition) is 3. The summed E-state index contributed by atoms with van der Waals surface area (Å²) < 4.78 is 9.79. The first kappa shape index (κ1) is 21.5. The molecule has 2 N–H and O–H groups in total. The number of ether oxygens (including phenoxy) is 1. The third-order valence-corrected chi connectivity index (χ3v) is 4.91. The summed E-state index contributed by atoms with van der Waals surface area (Å²) in [6.45, 7) is 7.12. The van der Waals surface area contributed by atoms with Crippen LogP contribution in [-0.2, 0) is 13.1 Å². The molecule has 2 heterocycles. The number of carbonyl (C=O) groups is 1. The lowest BCUT2D eigenvalue weighted by Gasteiger charge is -2.21. The van der Waals surface area contributed by atoms with Crippen molar-refractivity contribution in [3.63, 3.8) is 0 Å². The number of fused-ring (bicyclic) bond motifs is 1. The van der Waals surface area contributed by atoms with Crippen LogP contribution in [0.3, 0.4) is 0 Å². The van der Waals surface area contributed by atoms with Crippen LogP contribution in [-0.4, -0.2) is 26.9 Å². The van der Waals surface area contributed by atoms with Gasteiger partial charge in [0, 0.05) is 30.0 Å². The molecule has 0 aliphatic rings. The van der Waals surface area contributed by atoms with Crippen LogP contribution in [0, 0.1) is 5.92 Å². The number of unbranched alkanes of at least 4 members (excludes halogenated alkanes) is 1. The first-order chi connectivity index (χ1) is 14.4. The highest BCUT2D eigenvalue weighted by Gasteiger charge is 2.20. The number of pyridine rings is 1. The van der Waals surface area contributed by atoms with Gasteiger partial charge in [-0.25, -0.2) is 4.79 Å². The summed E-state index contributed by atoms with van der Waals surface area (Å²) in [7, 11) is 0. The first-order valence-electron chi connectivity index (χ1n) is 10.3. The van der Waals surface area contributed by atoms with E-state index in [1.807, 2.05) is 61.1 Å². The average Bonchev–Trinajstić information content (AvgIpc) is 3.24. The van der Waals surface area contributed by atoms with Gasteiger partial charge >= 0.3 is 6.09 Å². The number of hydrogen-bond donors (Lipinski definition) is 2. The Bertz CT molecular complexity index is 1070. The van der Waals surface area contributed by atoms with Crippen LogP contribution in [0.1, 0.15) is 39.3 Å². The summed E-state index contributed by atoms with van der Waals surface area (Å²) in [5, 5.41) is 12.8. The van der Waals surface area contributed by atoms with Crippen molar-refractivity contribution in [3.05, 3.63) is 58.8 Å². The van der Waals surface area contributed by atoms with Gasteiger partial charge in [-0.15, -0.1) is 0 Å². The van der Waals surface area contributed by atoms with Gasteiger partial charge < -0.3 is 24.3 Å². The maximum absolute atomic E-state index is 13.3. The fraction of sp³-hybridized carbons (Fsp3) is 0.391. The van der Waals surface area contributed by atoms with Gasteiger partial charge in [0.05, 0.1) is 24.2 Å². The van der Waals surface area contributed by atoms with Crippen molar-refractivity contribution in [2.75, 3.05) is 6.61 Å². The third-order valence-electron chi connectivity index (χ3n) is 4.91. The maximum Gasteiger partial charge on any atom is 0.404 e. The van der Waals surface area contributed by atoms with E-state index in [1.54, 1.807) is 4.57 Å². The molecule has 1 amide bonds. The Morgan fingerprint density at radius 3 is 2.57 bits per heavy atom. The van der Waals surface area contributed by atoms with Crippen molar-refractivity contribution >= 4 is 16.9 Å². The Hall–Kier alpha value is -3.22. The highest BCUT2D eigenvalue weighted by molar-refractivity contribution is 5.90. The van der Waals surface area contributed by atoms with E-state index in [2.05, 4.69) is 12.2 Å². The quantitative estimate of drug-likeness (QED) is 0.511. The third kappa shape index (κ3) is 4.67. The number of aromatic nitrogens is 2. The van der Waals surface area contributed by atoms with Crippen LogP contribution in [0.15, 0.2) is 47.5 Å². The minimum absolute atomic E-state index is 0.00242. The molecule has 30 heavy (non-hydrogen) atoms. The standard InChI is InChI=1S/C23H29N3O4/c1-4-5-12-30-21-19-13-17(25-10-6-7-11-25)8-9-18(19)22(27)26(15-16(2)3)20(21)14-24-23(28)29/h6-11,13,16,24H,4-5,12,14-15H2,1-3H3,(H,28,29). The SMILES string of the molecule is CCCCOc1c(CNC(=O)O)n(CC(C)C)c(=O)c2ccc(-n3cccc3)cc12. The normalized spacial score (nSPS) is 11.2. The predicted octanol–water partition coefficient (Wildman–Crippen LogP) is 4.39. The molecule has 0 fully saturated rings. The van der Waals surface area contributed by atoms with E-state index in [9.17, 15) is 9.59 Å². The highest BCUT2D eigenvalue weighted by Crippen LogP contribution is 2.30. The number of benzene rings is 1. The Balaban J connectivity index is 2.26. The largest absolute Gasteiger partial charge is 0.491 e. The van der Waals surface area contributed by atoms with Gasteiger partial charge in [0.2, 0.25) is 0 Å². The molecule has 0 saturated carbocycles. The topological polar surface area (TPSA) is 85.5 Å². The summed E-state index contributed by atoms with van der Waals surface area (Å²) in [4.78, 5) is 24.5. The van der Waals surface area contributed by atoms with E-state index in [-0.39, 0.29) is 18.0 Å². The second kappa shape index (κ2) is 9.52. The molecule has 3 aromatic rings. The number of rotatable bonds is 9. The molecule has 0 spiro atoms. The number of nitrogens with one attached hydrogen (secondary N) is 1. The van der Waals surface area contributed by atoms with Crippen molar-refractivity contribution in [1.29, 1.82) is 0 Å². The van der Waals surface area contributed by atoms with Gasteiger partial charge in [-0.2, -0.15) is 0 Å². The minimum Gasteiger partial charge on any atom is -0.491 e. The second-order valence-corrected chi connectivity index (χ2v) is 7.77. The summed E-state index contributed by atoms with van der Waals surface area (Å²) >= 11 is 0. The molecular formula is C23H29N3O4. The minimum atomic E-state index is -1.14. The molecule has 1 aromatic carbocycles. The molecular weight excluding hydrogens is 382 g/mol. The molecule has 0 radical (unpaired) electrons. The summed E-state index contributed by atoms with van der Waals surface area (Å²) in [5.74, 6) is 0.785. The van der Waals surface area contributed by atoms with E-state index < -0.39 is 6.09 Å². The fourth-order valence-corrected chi connectivity index (χ4v) is 3.49. The molecule has 0 atom stereocenters. The van der Waals surface area contributed by atoms with Crippen LogP contribution in [0.5, 0.6) is 5.75 Å². The van der Waals surface area contributed by atoms with Gasteiger partial charge in [-0.3, -0.25) is 4.79 Å². The van der Waals surface area contributed by atoms with Gasteiger partial charge in [-0.1, -0.05) is 27.2 Å². The lowest BCUT2D eigenvalue weighted by Crippen LogP contribution is -2.31. The van der Waals surface area contributed by atoms with E-state index >= 15 is 0 Å². The van der Waals surface area contributed by atoms with Crippen LogP contribution in [0.4, 0.5) is 4.79 Å². The van der Waals surface area contributed by atoms with Crippen LogP contribution in [0.25, 0.3) is 16.5 Å². The number of amides is 1. The van der Waals surface area contributed by atoms with Crippen LogP contribution >= 0.6 is 0 Å². The van der Waals surface area contributed by atoms with Crippen molar-refractivity contribution in [1.82, 2.24) is 14.5 Å². The van der Waals surface area contributed by atoms with E-state index in [0.29, 0.717) is 35.4 Å². The molecule has 0 aliphatic carbocycles. The predicted molar refractivity (Wildman–Crippen MR) is 118 cm³/mol. The Morgan fingerprint density at radius 1 is 1.20 bits per heavy atom. The summed E-state index contributed by atoms with van der Waals surface area (Å²) in [6, 6.07) is 9.54. The van der Waals surface area contributed by atoms with E-state index in [1.165, 1.54) is 0 Å². The maximum atomic E-state index is 13.3. The monoisotopic (exact) mass is 411 g/mol. The molecule has 7 nitrogen and oxygen atoms in total. The van der Waals surface area contributed by atoms with Gasteiger partial charge in [0.1, 0.15) is 5.75 Å².